The molecule has 0 atom stereocenters. The highest BCUT2D eigenvalue weighted by molar-refractivity contribution is 5.99. The predicted molar refractivity (Wildman–Crippen MR) is 150 cm³/mol. The van der Waals surface area contributed by atoms with E-state index in [9.17, 15) is 4.39 Å². The highest BCUT2D eigenvalue weighted by atomic mass is 19.1. The molecule has 3 aromatic heterocycles. The van der Waals surface area contributed by atoms with E-state index in [-0.39, 0.29) is 10.9 Å². The number of allylic oxidation sites excluding steroid dienone is 4. The number of benzene rings is 1. The van der Waals surface area contributed by atoms with Crippen LogP contribution in [-0.4, -0.2) is 15.0 Å². The maximum absolute atomic E-state index is 15.4. The van der Waals surface area contributed by atoms with Gasteiger partial charge in [0, 0.05) is 30.1 Å². The zero-order valence-electron chi connectivity index (χ0n) is 21.5. The molecule has 4 aromatic rings. The highest BCUT2D eigenvalue weighted by Crippen LogP contribution is 2.40. The number of nitrogens with zero attached hydrogens (tertiary/aromatic N) is 3. The second-order valence-corrected chi connectivity index (χ2v) is 10.2. The smallest absolute Gasteiger partial charge is 0.137 e. The van der Waals surface area contributed by atoms with E-state index in [4.69, 9.17) is 4.98 Å². The zero-order chi connectivity index (χ0) is 26.1. The van der Waals surface area contributed by atoms with E-state index in [0.717, 1.165) is 60.7 Å². The lowest BCUT2D eigenvalue weighted by Gasteiger charge is -2.22. The van der Waals surface area contributed by atoms with Crippen LogP contribution in [-0.2, 0) is 0 Å². The van der Waals surface area contributed by atoms with Gasteiger partial charge in [-0.25, -0.2) is 13.8 Å². The summed E-state index contributed by atoms with van der Waals surface area (Å²) in [6.07, 6.45) is 17.0. The molecule has 2 aliphatic rings. The van der Waals surface area contributed by atoms with Crippen LogP contribution in [0.4, 0.5) is 20.2 Å². The normalized spacial score (nSPS) is 15.8. The second kappa shape index (κ2) is 10.4. The summed E-state index contributed by atoms with van der Waals surface area (Å²) in [5, 5.41) is 3.83. The molecule has 6 rings (SSSR count). The van der Waals surface area contributed by atoms with Crippen molar-refractivity contribution in [3.05, 3.63) is 89.4 Å². The van der Waals surface area contributed by atoms with Crippen molar-refractivity contribution < 1.29 is 8.78 Å². The van der Waals surface area contributed by atoms with Crippen LogP contribution in [0, 0.1) is 18.6 Å². The quantitative estimate of drug-likeness (QED) is 0.292. The number of aromatic nitrogens is 3. The fraction of sp³-hybridized carbons (Fsp3) is 0.281. The molecular weight excluding hydrogens is 478 g/mol. The number of rotatable bonds is 5. The van der Waals surface area contributed by atoms with Gasteiger partial charge in [-0.1, -0.05) is 18.2 Å². The summed E-state index contributed by atoms with van der Waals surface area (Å²) in [6.45, 7) is 1.90. The predicted octanol–water partition coefficient (Wildman–Crippen LogP) is 8.94. The summed E-state index contributed by atoms with van der Waals surface area (Å²) >= 11 is 0. The largest absolute Gasteiger partial charge is 0.353 e. The molecule has 1 aromatic carbocycles. The van der Waals surface area contributed by atoms with E-state index >= 15 is 4.39 Å². The van der Waals surface area contributed by atoms with Gasteiger partial charge in [0.25, 0.3) is 0 Å². The van der Waals surface area contributed by atoms with Crippen molar-refractivity contribution in [2.75, 3.05) is 5.32 Å². The molecule has 0 radical (unpaired) electrons. The second-order valence-electron chi connectivity index (χ2n) is 10.2. The van der Waals surface area contributed by atoms with Crippen LogP contribution < -0.4 is 5.32 Å². The molecule has 3 heterocycles. The molecule has 0 fully saturated rings. The van der Waals surface area contributed by atoms with Gasteiger partial charge >= 0.3 is 0 Å². The first-order chi connectivity index (χ1) is 18.6. The van der Waals surface area contributed by atoms with Crippen LogP contribution in [0.25, 0.3) is 33.4 Å². The van der Waals surface area contributed by atoms with Gasteiger partial charge in [0.2, 0.25) is 0 Å². The minimum absolute atomic E-state index is 0.244. The Labute approximate surface area is 221 Å². The number of fused-ring (bicyclic) bond motifs is 1. The molecule has 0 spiro atoms. The Morgan fingerprint density at radius 1 is 0.842 bits per heavy atom. The van der Waals surface area contributed by atoms with Crippen LogP contribution in [0.1, 0.15) is 68.2 Å². The summed E-state index contributed by atoms with van der Waals surface area (Å²) < 4.78 is 29.7. The average Bonchev–Trinajstić information content (AvgIpc) is 2.95. The third-order valence-corrected chi connectivity index (χ3v) is 7.56. The van der Waals surface area contributed by atoms with Crippen LogP contribution in [0.2, 0.25) is 0 Å². The lowest BCUT2D eigenvalue weighted by Crippen LogP contribution is -2.06. The van der Waals surface area contributed by atoms with Crippen molar-refractivity contribution in [2.24, 2.45) is 0 Å². The molecular formula is C32H30F2N4. The number of pyridine rings is 3. The number of nitrogens with one attached hydrogen (secondary N) is 1. The Balaban J connectivity index is 1.56. The number of anilines is 2. The van der Waals surface area contributed by atoms with Gasteiger partial charge in [-0.3, -0.25) is 9.97 Å². The molecule has 6 heteroatoms. The summed E-state index contributed by atoms with van der Waals surface area (Å²) in [5.41, 5.74) is 8.08. The molecule has 0 amide bonds. The Morgan fingerprint density at radius 2 is 1.63 bits per heavy atom. The first-order valence-electron chi connectivity index (χ1n) is 13.4. The molecule has 0 saturated heterocycles. The standard InChI is InChI=1S/C32H30F2N4/c1-20-30(26-14-8-9-15-35-26)37-27-18-24(33)17-25(34)29(27)31(20)38-28-16-23(21-10-4-2-5-11-21)19-36-32(28)22-12-6-3-7-13-22/h8-10,12,14-19H,2-7,11,13H2,1H3,(H,37,38). The molecule has 0 bridgehead atoms. The maximum Gasteiger partial charge on any atom is 0.137 e. The van der Waals surface area contributed by atoms with Crippen molar-refractivity contribution in [3.63, 3.8) is 0 Å². The van der Waals surface area contributed by atoms with Crippen molar-refractivity contribution in [3.8, 4) is 11.4 Å². The van der Waals surface area contributed by atoms with Crippen molar-refractivity contribution >= 4 is 33.4 Å². The molecule has 192 valence electrons. The van der Waals surface area contributed by atoms with Gasteiger partial charge in [0.05, 0.1) is 39.4 Å². The average molecular weight is 509 g/mol. The first-order valence-corrected chi connectivity index (χ1v) is 13.4. The van der Waals surface area contributed by atoms with Gasteiger partial charge in [0.15, 0.2) is 0 Å². The molecule has 0 unspecified atom stereocenters. The Bertz CT molecular complexity index is 1570. The van der Waals surface area contributed by atoms with Gasteiger partial charge in [-0.05, 0) is 93.2 Å². The summed E-state index contributed by atoms with van der Waals surface area (Å²) in [5.74, 6) is -1.31. The minimum atomic E-state index is -0.662. The molecule has 0 aliphatic heterocycles. The van der Waals surface area contributed by atoms with Crippen molar-refractivity contribution in [1.29, 1.82) is 0 Å². The molecule has 0 saturated carbocycles. The maximum atomic E-state index is 15.4. The lowest BCUT2D eigenvalue weighted by atomic mass is 9.92. The minimum Gasteiger partial charge on any atom is -0.353 e. The number of hydrogen-bond acceptors (Lipinski definition) is 4. The van der Waals surface area contributed by atoms with Crippen molar-refractivity contribution in [2.45, 2.75) is 58.3 Å². The van der Waals surface area contributed by atoms with E-state index in [0.29, 0.717) is 17.1 Å². The summed E-state index contributed by atoms with van der Waals surface area (Å²) in [6, 6.07) is 9.91. The van der Waals surface area contributed by atoms with E-state index in [1.165, 1.54) is 36.5 Å². The van der Waals surface area contributed by atoms with Crippen LogP contribution in [0.15, 0.2) is 60.9 Å². The fourth-order valence-corrected chi connectivity index (χ4v) is 5.59. The van der Waals surface area contributed by atoms with E-state index < -0.39 is 11.6 Å². The third-order valence-electron chi connectivity index (χ3n) is 7.56. The zero-order valence-corrected chi connectivity index (χ0v) is 21.5. The van der Waals surface area contributed by atoms with Gasteiger partial charge in [-0.2, -0.15) is 0 Å². The lowest BCUT2D eigenvalue weighted by molar-refractivity contribution is 0.591. The van der Waals surface area contributed by atoms with E-state index in [1.54, 1.807) is 6.20 Å². The summed E-state index contributed by atoms with van der Waals surface area (Å²) in [7, 11) is 0. The van der Waals surface area contributed by atoms with Gasteiger partial charge in [-0.15, -0.1) is 0 Å². The van der Waals surface area contributed by atoms with E-state index in [2.05, 4.69) is 33.5 Å². The van der Waals surface area contributed by atoms with Crippen LogP contribution >= 0.6 is 0 Å². The fourth-order valence-electron chi connectivity index (χ4n) is 5.59. The monoisotopic (exact) mass is 508 g/mol. The van der Waals surface area contributed by atoms with Crippen molar-refractivity contribution in [1.82, 2.24) is 15.0 Å². The Kier molecular flexibility index (Phi) is 6.71. The molecule has 4 nitrogen and oxygen atoms in total. The number of halogens is 2. The first kappa shape index (κ1) is 24.4. The van der Waals surface area contributed by atoms with Crippen LogP contribution in [0.3, 0.4) is 0 Å². The Hall–Kier alpha value is -3.93. The highest BCUT2D eigenvalue weighted by Gasteiger charge is 2.21. The van der Waals surface area contributed by atoms with Crippen LogP contribution in [0.5, 0.6) is 0 Å². The molecule has 2 aliphatic carbocycles. The third kappa shape index (κ3) is 4.71. The summed E-state index contributed by atoms with van der Waals surface area (Å²) in [4.78, 5) is 14.1. The molecule has 38 heavy (non-hydrogen) atoms. The topological polar surface area (TPSA) is 50.7 Å². The van der Waals surface area contributed by atoms with E-state index in [1.807, 2.05) is 31.3 Å². The number of hydrogen-bond donors (Lipinski definition) is 1. The molecule has 1 N–H and O–H groups in total. The Morgan fingerprint density at radius 3 is 2.34 bits per heavy atom. The van der Waals surface area contributed by atoms with Gasteiger partial charge < -0.3 is 5.32 Å². The van der Waals surface area contributed by atoms with Gasteiger partial charge in [0.1, 0.15) is 11.6 Å². The SMILES string of the molecule is Cc1c(-c2ccccn2)nc2cc(F)cc(F)c2c1Nc1cc(C2=CCCCC2)cnc1C1=CCCCC1.